The van der Waals surface area contributed by atoms with E-state index in [-0.39, 0.29) is 11.9 Å². The van der Waals surface area contributed by atoms with Crippen LogP contribution in [0.15, 0.2) is 18.3 Å². The summed E-state index contributed by atoms with van der Waals surface area (Å²) in [7, 11) is 1.83. The van der Waals surface area contributed by atoms with Crippen LogP contribution in [-0.2, 0) is 4.79 Å². The number of hydrogen-bond donors (Lipinski definition) is 2. The highest BCUT2D eigenvalue weighted by molar-refractivity contribution is 5.86. The fourth-order valence-electron chi connectivity index (χ4n) is 2.35. The molecule has 1 saturated heterocycles. The summed E-state index contributed by atoms with van der Waals surface area (Å²) in [5.74, 6) is 0.178. The number of aromatic nitrogens is 1. The van der Waals surface area contributed by atoms with Crippen LogP contribution in [0.2, 0.25) is 0 Å². The van der Waals surface area contributed by atoms with Crippen molar-refractivity contribution in [3.05, 3.63) is 24.0 Å². The minimum Gasteiger partial charge on any atom is -0.363 e. The number of H-pyrrole nitrogens is 1. The first-order chi connectivity index (χ1) is 8.06. The summed E-state index contributed by atoms with van der Waals surface area (Å²) in [5, 5.41) is 3.08. The lowest BCUT2D eigenvalue weighted by atomic mass is 10.0. The molecule has 2 N–H and O–H groups in total. The van der Waals surface area contributed by atoms with Crippen molar-refractivity contribution >= 4 is 5.91 Å². The molecule has 1 amide bonds. The Labute approximate surface area is 102 Å². The van der Waals surface area contributed by atoms with Gasteiger partial charge in [0, 0.05) is 18.4 Å². The van der Waals surface area contributed by atoms with Gasteiger partial charge in [0.05, 0.1) is 11.6 Å². The summed E-state index contributed by atoms with van der Waals surface area (Å²) in [6.07, 6.45) is 4.04. The second-order valence-electron chi connectivity index (χ2n) is 5.16. The highest BCUT2D eigenvalue weighted by atomic mass is 16.2. The van der Waals surface area contributed by atoms with Crippen molar-refractivity contribution in [2.24, 2.45) is 0 Å². The maximum atomic E-state index is 12.5. The largest absolute Gasteiger partial charge is 0.363 e. The van der Waals surface area contributed by atoms with Crippen LogP contribution in [0.3, 0.4) is 0 Å². The number of amides is 1. The zero-order chi connectivity index (χ0) is 12.5. The summed E-state index contributed by atoms with van der Waals surface area (Å²) in [4.78, 5) is 17.7. The van der Waals surface area contributed by atoms with Crippen molar-refractivity contribution in [1.29, 1.82) is 0 Å². The third-order valence-electron chi connectivity index (χ3n) is 3.65. The van der Waals surface area contributed by atoms with Gasteiger partial charge in [-0.3, -0.25) is 4.79 Å². The first-order valence-corrected chi connectivity index (χ1v) is 6.19. The summed E-state index contributed by atoms with van der Waals surface area (Å²) >= 11 is 0. The lowest BCUT2D eigenvalue weighted by Crippen LogP contribution is -2.52. The molecule has 1 fully saturated rings. The minimum atomic E-state index is -0.491. The third kappa shape index (κ3) is 2.22. The molecule has 2 heterocycles. The van der Waals surface area contributed by atoms with Crippen LogP contribution in [0.4, 0.5) is 0 Å². The van der Waals surface area contributed by atoms with Gasteiger partial charge in [-0.25, -0.2) is 0 Å². The molecule has 2 rings (SSSR count). The Bertz CT molecular complexity index is 383. The number of rotatable bonds is 3. The number of aromatic amines is 1. The van der Waals surface area contributed by atoms with Crippen molar-refractivity contribution in [2.45, 2.75) is 38.3 Å². The van der Waals surface area contributed by atoms with Gasteiger partial charge in [0.15, 0.2) is 0 Å². The van der Waals surface area contributed by atoms with Gasteiger partial charge in [-0.15, -0.1) is 0 Å². The number of likely N-dealkylation sites (tertiary alicyclic amines) is 1. The van der Waals surface area contributed by atoms with Gasteiger partial charge in [0.1, 0.15) is 0 Å². The number of nitrogens with one attached hydrogen (secondary N) is 2. The van der Waals surface area contributed by atoms with E-state index < -0.39 is 5.54 Å². The predicted molar refractivity (Wildman–Crippen MR) is 67.6 cm³/mol. The van der Waals surface area contributed by atoms with Gasteiger partial charge in [-0.2, -0.15) is 0 Å². The quantitative estimate of drug-likeness (QED) is 0.837. The molecule has 1 atom stereocenters. The Balaban J connectivity index is 2.18. The van der Waals surface area contributed by atoms with E-state index in [1.54, 1.807) is 0 Å². The molecule has 0 bridgehead atoms. The van der Waals surface area contributed by atoms with Crippen LogP contribution in [0, 0.1) is 0 Å². The molecular formula is C13H21N3O. The zero-order valence-corrected chi connectivity index (χ0v) is 10.8. The fraction of sp³-hybridized carbons (Fsp3) is 0.615. The predicted octanol–water partition coefficient (Wildman–Crippen LogP) is 1.68. The molecule has 0 aromatic carbocycles. The second-order valence-corrected chi connectivity index (χ2v) is 5.16. The number of carbonyl (C=O) groups excluding carboxylic acids is 1. The first kappa shape index (κ1) is 12.2. The number of nitrogens with zero attached hydrogens (tertiary/aromatic N) is 1. The monoisotopic (exact) mass is 235 g/mol. The molecular weight excluding hydrogens is 214 g/mol. The average molecular weight is 235 g/mol. The third-order valence-corrected chi connectivity index (χ3v) is 3.65. The maximum Gasteiger partial charge on any atom is 0.242 e. The normalized spacial score (nSPS) is 20.9. The van der Waals surface area contributed by atoms with E-state index in [0.717, 1.165) is 25.1 Å². The Morgan fingerprint density at radius 3 is 2.94 bits per heavy atom. The van der Waals surface area contributed by atoms with Crippen molar-refractivity contribution in [3.63, 3.8) is 0 Å². The van der Waals surface area contributed by atoms with E-state index in [0.29, 0.717) is 0 Å². The van der Waals surface area contributed by atoms with Crippen LogP contribution >= 0.6 is 0 Å². The standard InChI is InChI=1S/C13H21N3O/c1-13(2,14-3)12(17)16-9-5-7-11(16)10-6-4-8-15-10/h4,6,8,11,14-15H,5,7,9H2,1-3H3. The Morgan fingerprint density at radius 2 is 2.35 bits per heavy atom. The first-order valence-electron chi connectivity index (χ1n) is 6.19. The smallest absolute Gasteiger partial charge is 0.242 e. The van der Waals surface area contributed by atoms with Crippen LogP contribution in [0.25, 0.3) is 0 Å². The molecule has 0 radical (unpaired) electrons. The molecule has 1 aromatic rings. The number of carbonyl (C=O) groups is 1. The van der Waals surface area contributed by atoms with Gasteiger partial charge in [-0.1, -0.05) is 0 Å². The molecule has 0 spiro atoms. The zero-order valence-electron chi connectivity index (χ0n) is 10.8. The van der Waals surface area contributed by atoms with Gasteiger partial charge < -0.3 is 15.2 Å². The number of hydrogen-bond acceptors (Lipinski definition) is 2. The van der Waals surface area contributed by atoms with E-state index in [4.69, 9.17) is 0 Å². The van der Waals surface area contributed by atoms with Crippen molar-refractivity contribution in [1.82, 2.24) is 15.2 Å². The molecule has 0 aliphatic carbocycles. The van der Waals surface area contributed by atoms with Crippen LogP contribution in [0.5, 0.6) is 0 Å². The Hall–Kier alpha value is -1.29. The molecule has 1 aliphatic heterocycles. The SMILES string of the molecule is CNC(C)(C)C(=O)N1CCCC1c1ccc[nH]1. The van der Waals surface area contributed by atoms with E-state index >= 15 is 0 Å². The molecule has 1 unspecified atom stereocenters. The summed E-state index contributed by atoms with van der Waals surface area (Å²) in [5.41, 5.74) is 0.651. The van der Waals surface area contributed by atoms with Gasteiger partial charge in [0.25, 0.3) is 0 Å². The highest BCUT2D eigenvalue weighted by Gasteiger charge is 2.37. The fourth-order valence-corrected chi connectivity index (χ4v) is 2.35. The summed E-state index contributed by atoms with van der Waals surface area (Å²) in [6, 6.07) is 4.26. The van der Waals surface area contributed by atoms with E-state index in [1.807, 2.05) is 38.1 Å². The molecule has 1 aromatic heterocycles. The molecule has 1 aliphatic rings. The van der Waals surface area contributed by atoms with E-state index in [9.17, 15) is 4.79 Å². The lowest BCUT2D eigenvalue weighted by Gasteiger charge is -2.32. The van der Waals surface area contributed by atoms with Crippen LogP contribution in [-0.4, -0.2) is 34.9 Å². The molecule has 4 heteroatoms. The lowest BCUT2D eigenvalue weighted by molar-refractivity contribution is -0.138. The van der Waals surface area contributed by atoms with Crippen molar-refractivity contribution in [2.75, 3.05) is 13.6 Å². The Kier molecular flexibility index (Phi) is 3.24. The Morgan fingerprint density at radius 1 is 1.59 bits per heavy atom. The topological polar surface area (TPSA) is 48.1 Å². The second kappa shape index (κ2) is 4.53. The molecule has 4 nitrogen and oxygen atoms in total. The average Bonchev–Trinajstić information content (AvgIpc) is 2.97. The van der Waals surface area contributed by atoms with E-state index in [1.165, 1.54) is 0 Å². The minimum absolute atomic E-state index is 0.178. The maximum absolute atomic E-state index is 12.5. The molecule has 0 saturated carbocycles. The van der Waals surface area contributed by atoms with Crippen LogP contribution in [0.1, 0.15) is 38.4 Å². The van der Waals surface area contributed by atoms with Gasteiger partial charge >= 0.3 is 0 Å². The van der Waals surface area contributed by atoms with Gasteiger partial charge in [-0.05, 0) is 45.9 Å². The molecule has 17 heavy (non-hydrogen) atoms. The summed E-state index contributed by atoms with van der Waals surface area (Å²) < 4.78 is 0. The summed E-state index contributed by atoms with van der Waals surface area (Å²) in [6.45, 7) is 4.71. The highest BCUT2D eigenvalue weighted by Crippen LogP contribution is 2.32. The van der Waals surface area contributed by atoms with E-state index in [2.05, 4.69) is 16.4 Å². The van der Waals surface area contributed by atoms with Crippen molar-refractivity contribution < 1.29 is 4.79 Å². The van der Waals surface area contributed by atoms with Crippen LogP contribution < -0.4 is 5.32 Å². The van der Waals surface area contributed by atoms with Crippen molar-refractivity contribution in [3.8, 4) is 0 Å². The van der Waals surface area contributed by atoms with Gasteiger partial charge in [0.2, 0.25) is 5.91 Å². The molecule has 94 valence electrons. The number of likely N-dealkylation sites (N-methyl/N-ethyl adjacent to an activating group) is 1.